The number of carbonyl (C=O) groups is 1. The number of nitrogen functional groups attached to an aromatic ring is 1. The molecule has 0 amide bonds. The van der Waals surface area contributed by atoms with Gasteiger partial charge >= 0.3 is 5.97 Å². The molecule has 0 aromatic heterocycles. The third-order valence-electron chi connectivity index (χ3n) is 4.06. The number of hydrogen-bond donors (Lipinski definition) is 4. The van der Waals surface area contributed by atoms with E-state index in [0.29, 0.717) is 12.2 Å². The molecule has 6 nitrogen and oxygen atoms in total. The van der Waals surface area contributed by atoms with Crippen molar-refractivity contribution < 1.29 is 9.53 Å². The Labute approximate surface area is 160 Å². The van der Waals surface area contributed by atoms with Gasteiger partial charge in [-0.05, 0) is 62.6 Å². The predicted octanol–water partition coefficient (Wildman–Crippen LogP) is 3.19. The molecule has 0 unspecified atom stereocenters. The molecule has 0 saturated heterocycles. The first-order valence-corrected chi connectivity index (χ1v) is 9.25. The second kappa shape index (κ2) is 11.0. The van der Waals surface area contributed by atoms with Crippen molar-refractivity contribution in [2.24, 2.45) is 5.73 Å². The minimum Gasteiger partial charge on any atom is -0.465 e. The summed E-state index contributed by atoms with van der Waals surface area (Å²) in [5, 5.41) is 13.9. The highest BCUT2D eigenvalue weighted by molar-refractivity contribution is 5.95. The third-order valence-corrected chi connectivity index (χ3v) is 4.06. The molecular weight excluding hydrogens is 340 g/mol. The van der Waals surface area contributed by atoms with Crippen LogP contribution in [0.25, 0.3) is 0 Å². The highest BCUT2D eigenvalue weighted by atomic mass is 16.5. The first-order chi connectivity index (χ1) is 13.1. The Balaban J connectivity index is 1.71. The van der Waals surface area contributed by atoms with Crippen molar-refractivity contribution in [1.82, 2.24) is 5.32 Å². The van der Waals surface area contributed by atoms with Crippen LogP contribution >= 0.6 is 0 Å². The lowest BCUT2D eigenvalue weighted by molar-refractivity contribution is -0.141. The van der Waals surface area contributed by atoms with Gasteiger partial charge in [0.15, 0.2) is 0 Å². The second-order valence-electron chi connectivity index (χ2n) is 6.26. The van der Waals surface area contributed by atoms with E-state index in [9.17, 15) is 4.79 Å². The van der Waals surface area contributed by atoms with Crippen molar-refractivity contribution in [2.75, 3.05) is 25.0 Å². The number of ether oxygens (including phenoxy) is 1. The summed E-state index contributed by atoms with van der Waals surface area (Å²) >= 11 is 0. The number of rotatable bonds is 11. The molecule has 5 N–H and O–H groups in total. The number of aryl methyl sites for hydroxylation is 1. The fourth-order valence-corrected chi connectivity index (χ4v) is 2.67. The number of unbranched alkanes of at least 4 members (excludes halogenated alkanes) is 1. The number of anilines is 2. The Bertz CT molecular complexity index is 744. The van der Waals surface area contributed by atoms with Crippen LogP contribution < -0.4 is 16.4 Å². The van der Waals surface area contributed by atoms with Gasteiger partial charge in [0.2, 0.25) is 0 Å². The quantitative estimate of drug-likeness (QED) is 0.211. The fourth-order valence-electron chi connectivity index (χ4n) is 2.67. The van der Waals surface area contributed by atoms with Crippen LogP contribution in [0.1, 0.15) is 30.9 Å². The first kappa shape index (κ1) is 20.5. The summed E-state index contributed by atoms with van der Waals surface area (Å²) in [6, 6.07) is 15.8. The summed E-state index contributed by atoms with van der Waals surface area (Å²) in [5.74, 6) is -0.139. The molecule has 6 heteroatoms. The maximum atomic E-state index is 11.2. The van der Waals surface area contributed by atoms with Crippen LogP contribution in [0.3, 0.4) is 0 Å². The van der Waals surface area contributed by atoms with Gasteiger partial charge in [0.05, 0.1) is 13.2 Å². The second-order valence-corrected chi connectivity index (χ2v) is 6.26. The van der Waals surface area contributed by atoms with E-state index in [1.165, 1.54) is 5.56 Å². The number of nitrogens with one attached hydrogen (secondary N) is 3. The van der Waals surface area contributed by atoms with E-state index >= 15 is 0 Å². The van der Waals surface area contributed by atoms with Crippen molar-refractivity contribution >= 4 is 23.2 Å². The Morgan fingerprint density at radius 3 is 2.59 bits per heavy atom. The molecule has 0 aliphatic rings. The van der Waals surface area contributed by atoms with Gasteiger partial charge < -0.3 is 21.1 Å². The zero-order valence-corrected chi connectivity index (χ0v) is 15.8. The Morgan fingerprint density at radius 2 is 1.89 bits per heavy atom. The van der Waals surface area contributed by atoms with E-state index < -0.39 is 0 Å². The van der Waals surface area contributed by atoms with Crippen LogP contribution in [0.4, 0.5) is 11.4 Å². The van der Waals surface area contributed by atoms with Crippen molar-refractivity contribution in [3.8, 4) is 0 Å². The molecule has 27 heavy (non-hydrogen) atoms. The Morgan fingerprint density at radius 1 is 1.11 bits per heavy atom. The summed E-state index contributed by atoms with van der Waals surface area (Å²) < 4.78 is 4.87. The molecule has 2 aromatic rings. The number of esters is 1. The minimum atomic E-state index is -0.200. The predicted molar refractivity (Wildman–Crippen MR) is 110 cm³/mol. The van der Waals surface area contributed by atoms with Crippen molar-refractivity contribution in [3.05, 3.63) is 59.7 Å². The number of carbonyl (C=O) groups excluding carboxylic acids is 1. The van der Waals surface area contributed by atoms with Gasteiger partial charge in [0, 0.05) is 16.9 Å². The number of nitrogens with two attached hydrogens (primary N) is 1. The standard InChI is InChI=1S/C21H28N4O2/c1-2-27-20(26)15-24-13-4-3-6-16-9-11-18(12-10-16)25-19-8-5-7-17(14-19)21(22)23/h5,7-12,14,24-25H,2-4,6,13,15H2,1H3,(H3,22,23). The molecule has 0 atom stereocenters. The third kappa shape index (κ3) is 7.50. The number of hydrogen-bond acceptors (Lipinski definition) is 5. The van der Waals surface area contributed by atoms with Gasteiger partial charge in [-0.25, -0.2) is 0 Å². The molecule has 0 fully saturated rings. The van der Waals surface area contributed by atoms with E-state index in [4.69, 9.17) is 15.9 Å². The fraction of sp³-hybridized carbons (Fsp3) is 0.333. The van der Waals surface area contributed by atoms with E-state index in [-0.39, 0.29) is 18.3 Å². The zero-order chi connectivity index (χ0) is 19.5. The average Bonchev–Trinajstić information content (AvgIpc) is 2.66. The van der Waals surface area contributed by atoms with Crippen molar-refractivity contribution in [3.63, 3.8) is 0 Å². The maximum Gasteiger partial charge on any atom is 0.319 e. The minimum absolute atomic E-state index is 0.0609. The van der Waals surface area contributed by atoms with Crippen LogP contribution in [-0.2, 0) is 16.0 Å². The molecule has 0 aliphatic carbocycles. The van der Waals surface area contributed by atoms with Gasteiger partial charge in [0.25, 0.3) is 0 Å². The SMILES string of the molecule is CCOC(=O)CNCCCCc1ccc(Nc2cccc(C(=N)N)c2)cc1. The molecule has 144 valence electrons. The topological polar surface area (TPSA) is 100 Å². The Kier molecular flexibility index (Phi) is 8.32. The summed E-state index contributed by atoms with van der Waals surface area (Å²) in [6.45, 7) is 3.32. The average molecular weight is 368 g/mol. The number of amidine groups is 1. The van der Waals surface area contributed by atoms with E-state index in [2.05, 4.69) is 34.9 Å². The molecule has 0 heterocycles. The summed E-state index contributed by atoms with van der Waals surface area (Å²) in [5.41, 5.74) is 9.41. The molecule has 0 aliphatic heterocycles. The lowest BCUT2D eigenvalue weighted by atomic mass is 10.1. The monoisotopic (exact) mass is 368 g/mol. The molecule has 0 saturated carbocycles. The molecule has 2 rings (SSSR count). The smallest absolute Gasteiger partial charge is 0.319 e. The maximum absolute atomic E-state index is 11.2. The molecule has 2 aromatic carbocycles. The summed E-state index contributed by atoms with van der Waals surface area (Å²) in [6.07, 6.45) is 3.07. The zero-order valence-electron chi connectivity index (χ0n) is 15.8. The normalized spacial score (nSPS) is 10.4. The Hall–Kier alpha value is -2.86. The van der Waals surface area contributed by atoms with Gasteiger partial charge in [-0.2, -0.15) is 0 Å². The van der Waals surface area contributed by atoms with Crippen LogP contribution in [0.5, 0.6) is 0 Å². The molecule has 0 spiro atoms. The van der Waals surface area contributed by atoms with E-state index in [1.807, 2.05) is 31.2 Å². The lowest BCUT2D eigenvalue weighted by Gasteiger charge is -2.09. The highest BCUT2D eigenvalue weighted by Crippen LogP contribution is 2.19. The van der Waals surface area contributed by atoms with E-state index in [1.54, 1.807) is 0 Å². The van der Waals surface area contributed by atoms with Gasteiger partial charge in [0.1, 0.15) is 5.84 Å². The van der Waals surface area contributed by atoms with Gasteiger partial charge in [-0.15, -0.1) is 0 Å². The van der Waals surface area contributed by atoms with Crippen LogP contribution in [0.15, 0.2) is 48.5 Å². The van der Waals surface area contributed by atoms with Gasteiger partial charge in [-0.3, -0.25) is 10.2 Å². The molecule has 0 radical (unpaired) electrons. The highest BCUT2D eigenvalue weighted by Gasteiger charge is 2.01. The van der Waals surface area contributed by atoms with Crippen LogP contribution in [-0.4, -0.2) is 31.5 Å². The lowest BCUT2D eigenvalue weighted by Crippen LogP contribution is -2.25. The first-order valence-electron chi connectivity index (χ1n) is 9.25. The van der Waals surface area contributed by atoms with E-state index in [0.717, 1.165) is 37.2 Å². The number of benzene rings is 2. The molecule has 0 bridgehead atoms. The van der Waals surface area contributed by atoms with Crippen molar-refractivity contribution in [1.29, 1.82) is 5.41 Å². The van der Waals surface area contributed by atoms with Crippen LogP contribution in [0.2, 0.25) is 0 Å². The summed E-state index contributed by atoms with van der Waals surface area (Å²) in [7, 11) is 0. The van der Waals surface area contributed by atoms with Crippen LogP contribution in [0, 0.1) is 5.41 Å². The van der Waals surface area contributed by atoms with Crippen molar-refractivity contribution in [2.45, 2.75) is 26.2 Å². The van der Waals surface area contributed by atoms with Gasteiger partial charge in [-0.1, -0.05) is 24.3 Å². The summed E-state index contributed by atoms with van der Waals surface area (Å²) in [4.78, 5) is 11.2. The largest absolute Gasteiger partial charge is 0.465 e. The molecular formula is C21H28N4O2.